The second-order valence-electron chi connectivity index (χ2n) is 3.27. The molecule has 2 N–H and O–H groups in total. The van der Waals surface area contributed by atoms with E-state index in [1.165, 1.54) is 0 Å². The van der Waals surface area contributed by atoms with Crippen LogP contribution in [0.15, 0.2) is 0 Å². The first-order valence-corrected chi connectivity index (χ1v) is 4.21. The van der Waals surface area contributed by atoms with Gasteiger partial charge in [0.25, 0.3) is 0 Å². The fourth-order valence-electron chi connectivity index (χ4n) is 1.29. The van der Waals surface area contributed by atoms with Crippen molar-refractivity contribution in [3.05, 3.63) is 0 Å². The lowest BCUT2D eigenvalue weighted by Gasteiger charge is -2.18. The molecule has 1 fully saturated rings. The lowest BCUT2D eigenvalue weighted by molar-refractivity contribution is -0.0505. The van der Waals surface area contributed by atoms with Gasteiger partial charge in [-0.15, -0.1) is 0 Å². The van der Waals surface area contributed by atoms with Crippen LogP contribution in [0.5, 0.6) is 0 Å². The zero-order valence-electron chi connectivity index (χ0n) is 7.43. The molecule has 0 aromatic carbocycles. The van der Waals surface area contributed by atoms with Crippen molar-refractivity contribution in [1.29, 1.82) is 0 Å². The van der Waals surface area contributed by atoms with Crippen LogP contribution in [0, 0.1) is 0 Å². The number of aliphatic hydroxyl groups excluding tert-OH is 2. The zero-order chi connectivity index (χ0) is 9.14. The van der Waals surface area contributed by atoms with Crippen molar-refractivity contribution < 1.29 is 19.7 Å². The Morgan fingerprint density at radius 1 is 1.58 bits per heavy atom. The largest absolute Gasteiger partial charge is 0.394 e. The highest BCUT2D eigenvalue weighted by molar-refractivity contribution is 4.84. The van der Waals surface area contributed by atoms with E-state index in [1.807, 2.05) is 13.8 Å². The molecule has 0 aliphatic carbocycles. The van der Waals surface area contributed by atoms with Gasteiger partial charge in [-0.2, -0.15) is 0 Å². The molecule has 0 unspecified atom stereocenters. The molecule has 4 heteroatoms. The van der Waals surface area contributed by atoms with Gasteiger partial charge in [-0.05, 0) is 13.8 Å². The van der Waals surface area contributed by atoms with E-state index in [-0.39, 0.29) is 18.8 Å². The predicted molar refractivity (Wildman–Crippen MR) is 42.8 cm³/mol. The summed E-state index contributed by atoms with van der Waals surface area (Å²) in [6, 6.07) is 0. The Morgan fingerprint density at radius 2 is 2.25 bits per heavy atom. The number of hydrogen-bond donors (Lipinski definition) is 2. The van der Waals surface area contributed by atoms with E-state index in [2.05, 4.69) is 0 Å². The lowest BCUT2D eigenvalue weighted by atomic mass is 10.1. The van der Waals surface area contributed by atoms with Crippen LogP contribution in [0.1, 0.15) is 13.8 Å². The van der Waals surface area contributed by atoms with Gasteiger partial charge in [-0.3, -0.25) is 0 Å². The molecule has 1 heterocycles. The minimum Gasteiger partial charge on any atom is -0.394 e. The maximum atomic E-state index is 9.49. The zero-order valence-corrected chi connectivity index (χ0v) is 7.43. The molecular formula is C8H16O4. The van der Waals surface area contributed by atoms with Crippen molar-refractivity contribution >= 4 is 0 Å². The maximum absolute atomic E-state index is 9.49. The van der Waals surface area contributed by atoms with Crippen LogP contribution in [-0.2, 0) is 9.47 Å². The van der Waals surface area contributed by atoms with Crippen molar-refractivity contribution in [1.82, 2.24) is 0 Å². The summed E-state index contributed by atoms with van der Waals surface area (Å²) in [5.74, 6) is 0. The molecule has 12 heavy (non-hydrogen) atoms. The molecule has 1 aliphatic rings. The second kappa shape index (κ2) is 4.18. The summed E-state index contributed by atoms with van der Waals surface area (Å²) in [5, 5.41) is 18.2. The van der Waals surface area contributed by atoms with Crippen LogP contribution >= 0.6 is 0 Å². The average molecular weight is 176 g/mol. The van der Waals surface area contributed by atoms with Gasteiger partial charge in [-0.25, -0.2) is 0 Å². The Balaban J connectivity index is 2.38. The Kier molecular flexibility index (Phi) is 3.46. The van der Waals surface area contributed by atoms with E-state index >= 15 is 0 Å². The van der Waals surface area contributed by atoms with Crippen molar-refractivity contribution in [2.24, 2.45) is 0 Å². The van der Waals surface area contributed by atoms with Gasteiger partial charge in [0, 0.05) is 0 Å². The van der Waals surface area contributed by atoms with Gasteiger partial charge in [0.1, 0.15) is 18.3 Å². The monoisotopic (exact) mass is 176 g/mol. The second-order valence-corrected chi connectivity index (χ2v) is 3.27. The standard InChI is InChI=1S/C8H16O4/c1-5(2)12-7-4-11-6(3-9)8(7)10/h5-10H,3-4H2,1-2H3/t6-,7+,8-/m0/s1. The van der Waals surface area contributed by atoms with Gasteiger partial charge in [-0.1, -0.05) is 0 Å². The minimum absolute atomic E-state index is 0.0747. The molecule has 0 aromatic rings. The summed E-state index contributed by atoms with van der Waals surface area (Å²) in [5.41, 5.74) is 0. The molecule has 0 bridgehead atoms. The molecule has 1 saturated heterocycles. The third kappa shape index (κ3) is 2.17. The summed E-state index contributed by atoms with van der Waals surface area (Å²) in [7, 11) is 0. The molecule has 0 radical (unpaired) electrons. The van der Waals surface area contributed by atoms with Crippen molar-refractivity contribution in [3.63, 3.8) is 0 Å². The van der Waals surface area contributed by atoms with Crippen LogP contribution in [0.4, 0.5) is 0 Å². The Hall–Kier alpha value is -0.160. The highest BCUT2D eigenvalue weighted by Gasteiger charge is 2.36. The van der Waals surface area contributed by atoms with Crippen LogP contribution in [0.2, 0.25) is 0 Å². The van der Waals surface area contributed by atoms with Crippen molar-refractivity contribution in [2.45, 2.75) is 38.3 Å². The minimum atomic E-state index is -0.697. The first-order valence-electron chi connectivity index (χ1n) is 4.21. The first kappa shape index (κ1) is 9.92. The molecule has 0 saturated carbocycles. The average Bonchev–Trinajstić information content (AvgIpc) is 2.32. The predicted octanol–water partition coefficient (Wildman–Crippen LogP) is -0.468. The van der Waals surface area contributed by atoms with Gasteiger partial charge >= 0.3 is 0 Å². The molecule has 4 nitrogen and oxygen atoms in total. The van der Waals surface area contributed by atoms with Crippen LogP contribution in [-0.4, -0.2) is 47.8 Å². The van der Waals surface area contributed by atoms with E-state index in [0.717, 1.165) is 0 Å². The Labute approximate surface area is 72.1 Å². The number of aliphatic hydroxyl groups is 2. The topological polar surface area (TPSA) is 58.9 Å². The van der Waals surface area contributed by atoms with E-state index in [0.29, 0.717) is 6.61 Å². The molecule has 1 rings (SSSR count). The third-order valence-corrected chi connectivity index (χ3v) is 1.86. The summed E-state index contributed by atoms with van der Waals surface area (Å²) < 4.78 is 10.5. The normalized spacial score (nSPS) is 36.2. The smallest absolute Gasteiger partial charge is 0.111 e. The lowest BCUT2D eigenvalue weighted by Crippen LogP contribution is -2.35. The van der Waals surface area contributed by atoms with Crippen LogP contribution < -0.4 is 0 Å². The quantitative estimate of drug-likeness (QED) is 0.610. The molecule has 1 aliphatic heterocycles. The molecule has 3 atom stereocenters. The van der Waals surface area contributed by atoms with Crippen LogP contribution in [0.3, 0.4) is 0 Å². The SMILES string of the molecule is CC(C)O[C@@H]1CO[C@@H](CO)[C@@H]1O. The molecule has 0 aromatic heterocycles. The first-order chi connectivity index (χ1) is 5.65. The fraction of sp³-hybridized carbons (Fsp3) is 1.00. The highest BCUT2D eigenvalue weighted by atomic mass is 16.6. The molecule has 0 amide bonds. The Bertz CT molecular complexity index is 137. The third-order valence-electron chi connectivity index (χ3n) is 1.86. The summed E-state index contributed by atoms with van der Waals surface area (Å²) >= 11 is 0. The van der Waals surface area contributed by atoms with Crippen molar-refractivity contribution in [3.8, 4) is 0 Å². The molecule has 0 spiro atoms. The summed E-state index contributed by atoms with van der Waals surface area (Å²) in [6.07, 6.45) is -1.39. The van der Waals surface area contributed by atoms with E-state index in [1.54, 1.807) is 0 Å². The van der Waals surface area contributed by atoms with Crippen molar-refractivity contribution in [2.75, 3.05) is 13.2 Å². The summed E-state index contributed by atoms with van der Waals surface area (Å²) in [6.45, 7) is 4.02. The Morgan fingerprint density at radius 3 is 2.67 bits per heavy atom. The fourth-order valence-corrected chi connectivity index (χ4v) is 1.29. The van der Waals surface area contributed by atoms with E-state index < -0.39 is 12.2 Å². The summed E-state index contributed by atoms with van der Waals surface area (Å²) in [4.78, 5) is 0. The van der Waals surface area contributed by atoms with Crippen LogP contribution in [0.25, 0.3) is 0 Å². The maximum Gasteiger partial charge on any atom is 0.111 e. The van der Waals surface area contributed by atoms with Gasteiger partial charge in [0.2, 0.25) is 0 Å². The van der Waals surface area contributed by atoms with E-state index in [9.17, 15) is 5.11 Å². The number of hydrogen-bond acceptors (Lipinski definition) is 4. The molecular weight excluding hydrogens is 160 g/mol. The number of ether oxygens (including phenoxy) is 2. The van der Waals surface area contributed by atoms with E-state index in [4.69, 9.17) is 14.6 Å². The highest BCUT2D eigenvalue weighted by Crippen LogP contribution is 2.17. The number of rotatable bonds is 3. The van der Waals surface area contributed by atoms with Gasteiger partial charge in [0.15, 0.2) is 0 Å². The van der Waals surface area contributed by atoms with Gasteiger partial charge in [0.05, 0.1) is 19.3 Å². The molecule has 72 valence electrons. The van der Waals surface area contributed by atoms with Gasteiger partial charge < -0.3 is 19.7 Å².